The van der Waals surface area contributed by atoms with Crippen LogP contribution in [0.2, 0.25) is 0 Å². The van der Waals surface area contributed by atoms with E-state index in [4.69, 9.17) is 0 Å². The Hall–Kier alpha value is -1.99. The van der Waals surface area contributed by atoms with Gasteiger partial charge in [0.25, 0.3) is 0 Å². The summed E-state index contributed by atoms with van der Waals surface area (Å²) in [6, 6.07) is 5.92. The molecule has 1 saturated heterocycles. The summed E-state index contributed by atoms with van der Waals surface area (Å²) in [4.78, 5) is 28.3. The number of rotatable bonds is 6. The van der Waals surface area contributed by atoms with Gasteiger partial charge in [0.1, 0.15) is 5.82 Å². The first-order valence-corrected chi connectivity index (χ1v) is 8.68. The summed E-state index contributed by atoms with van der Waals surface area (Å²) in [5.41, 5.74) is 0.198. The highest BCUT2D eigenvalue weighted by Gasteiger charge is 2.26. The number of carbonyl (C=O) groups excluding carboxylic acids is 2. The molecule has 0 aromatic heterocycles. The number of amides is 2. The highest BCUT2D eigenvalue weighted by Crippen LogP contribution is 2.14. The van der Waals surface area contributed by atoms with Gasteiger partial charge >= 0.3 is 0 Å². The van der Waals surface area contributed by atoms with Gasteiger partial charge in [0.2, 0.25) is 11.8 Å². The van der Waals surface area contributed by atoms with Gasteiger partial charge < -0.3 is 10.6 Å². The van der Waals surface area contributed by atoms with Crippen molar-refractivity contribution >= 4 is 17.5 Å². The van der Waals surface area contributed by atoms with Crippen LogP contribution >= 0.6 is 0 Å². The standard InChI is InChI=1S/C18H27FN4O2/c1-13(2)20-17(24)12-22-8-10-23(11-9-22)14(3)18(25)21-16-7-5-4-6-15(16)19/h4-7,13-14H,8-12H2,1-3H3,(H,20,24)(H,21,25). The van der Waals surface area contributed by atoms with Gasteiger partial charge in [-0.25, -0.2) is 4.39 Å². The second kappa shape index (κ2) is 8.92. The van der Waals surface area contributed by atoms with Crippen LogP contribution in [0.5, 0.6) is 0 Å². The van der Waals surface area contributed by atoms with Gasteiger partial charge in [-0.3, -0.25) is 19.4 Å². The Balaban J connectivity index is 1.80. The summed E-state index contributed by atoms with van der Waals surface area (Å²) in [5, 5.41) is 5.52. The van der Waals surface area contributed by atoms with Gasteiger partial charge in [0.15, 0.2) is 0 Å². The minimum Gasteiger partial charge on any atom is -0.353 e. The predicted octanol–water partition coefficient (Wildman–Crippen LogP) is 1.29. The molecule has 25 heavy (non-hydrogen) atoms. The van der Waals surface area contributed by atoms with Crippen LogP contribution in [-0.2, 0) is 9.59 Å². The molecule has 2 rings (SSSR count). The van der Waals surface area contributed by atoms with E-state index in [2.05, 4.69) is 15.5 Å². The molecule has 138 valence electrons. The zero-order chi connectivity index (χ0) is 18.4. The first-order valence-electron chi connectivity index (χ1n) is 8.68. The van der Waals surface area contributed by atoms with Gasteiger partial charge in [-0.05, 0) is 32.9 Å². The Bertz CT molecular complexity index is 600. The van der Waals surface area contributed by atoms with Crippen molar-refractivity contribution in [3.63, 3.8) is 0 Å². The highest BCUT2D eigenvalue weighted by molar-refractivity contribution is 5.94. The smallest absolute Gasteiger partial charge is 0.241 e. The van der Waals surface area contributed by atoms with Crippen molar-refractivity contribution in [2.45, 2.75) is 32.9 Å². The van der Waals surface area contributed by atoms with Crippen molar-refractivity contribution in [1.29, 1.82) is 0 Å². The maximum absolute atomic E-state index is 13.6. The van der Waals surface area contributed by atoms with Crippen molar-refractivity contribution < 1.29 is 14.0 Å². The summed E-state index contributed by atoms with van der Waals surface area (Å²) in [6.07, 6.45) is 0. The van der Waals surface area contributed by atoms with Crippen LogP contribution in [0.3, 0.4) is 0 Å². The number of carbonyl (C=O) groups is 2. The van der Waals surface area contributed by atoms with Gasteiger partial charge in [0, 0.05) is 32.2 Å². The van der Waals surface area contributed by atoms with E-state index in [1.807, 2.05) is 25.7 Å². The van der Waals surface area contributed by atoms with E-state index in [9.17, 15) is 14.0 Å². The zero-order valence-corrected chi connectivity index (χ0v) is 15.1. The molecular weight excluding hydrogens is 323 g/mol. The number of anilines is 1. The fourth-order valence-electron chi connectivity index (χ4n) is 2.85. The molecule has 1 fully saturated rings. The van der Waals surface area contributed by atoms with Crippen molar-refractivity contribution in [2.75, 3.05) is 38.0 Å². The van der Waals surface area contributed by atoms with E-state index in [1.165, 1.54) is 6.07 Å². The first-order chi connectivity index (χ1) is 11.9. The Morgan fingerprint density at radius 2 is 1.76 bits per heavy atom. The van der Waals surface area contributed by atoms with E-state index in [0.29, 0.717) is 19.6 Å². The number of hydrogen-bond acceptors (Lipinski definition) is 4. The topological polar surface area (TPSA) is 64.7 Å². The number of hydrogen-bond donors (Lipinski definition) is 2. The molecule has 1 unspecified atom stereocenters. The van der Waals surface area contributed by atoms with E-state index in [0.717, 1.165) is 13.1 Å². The molecule has 0 aliphatic carbocycles. The molecule has 1 heterocycles. The third-order valence-electron chi connectivity index (χ3n) is 4.28. The number of halogens is 1. The first kappa shape index (κ1) is 19.3. The van der Waals surface area contributed by atoms with Crippen LogP contribution < -0.4 is 10.6 Å². The SMILES string of the molecule is CC(C)NC(=O)CN1CCN(C(C)C(=O)Nc2ccccc2F)CC1. The monoisotopic (exact) mass is 350 g/mol. The van der Waals surface area contributed by atoms with Crippen LogP contribution in [0.25, 0.3) is 0 Å². The number of piperazine rings is 1. The van der Waals surface area contributed by atoms with E-state index < -0.39 is 5.82 Å². The second-order valence-electron chi connectivity index (χ2n) is 6.68. The summed E-state index contributed by atoms with van der Waals surface area (Å²) >= 11 is 0. The van der Waals surface area contributed by atoms with Crippen LogP contribution in [-0.4, -0.2) is 66.4 Å². The average molecular weight is 350 g/mol. The minimum absolute atomic E-state index is 0.0220. The summed E-state index contributed by atoms with van der Waals surface area (Å²) < 4.78 is 13.6. The Kier molecular flexibility index (Phi) is 6.90. The lowest BCUT2D eigenvalue weighted by Gasteiger charge is -2.37. The highest BCUT2D eigenvalue weighted by atomic mass is 19.1. The van der Waals surface area contributed by atoms with E-state index in [1.54, 1.807) is 18.2 Å². The third kappa shape index (κ3) is 5.79. The van der Waals surface area contributed by atoms with Crippen molar-refractivity contribution in [1.82, 2.24) is 15.1 Å². The lowest BCUT2D eigenvalue weighted by atomic mass is 10.2. The normalized spacial score (nSPS) is 17.3. The van der Waals surface area contributed by atoms with Gasteiger partial charge in [-0.2, -0.15) is 0 Å². The van der Waals surface area contributed by atoms with Crippen molar-refractivity contribution in [3.05, 3.63) is 30.1 Å². The molecule has 0 radical (unpaired) electrons. The van der Waals surface area contributed by atoms with Crippen LogP contribution in [0.15, 0.2) is 24.3 Å². The van der Waals surface area contributed by atoms with Crippen LogP contribution in [0.4, 0.5) is 10.1 Å². The molecule has 0 bridgehead atoms. The Labute approximate surface area is 148 Å². The number of nitrogens with one attached hydrogen (secondary N) is 2. The van der Waals surface area contributed by atoms with Gasteiger partial charge in [0.05, 0.1) is 18.3 Å². The van der Waals surface area contributed by atoms with Crippen molar-refractivity contribution in [3.8, 4) is 0 Å². The summed E-state index contributed by atoms with van der Waals surface area (Å²) in [5.74, 6) is -0.645. The van der Waals surface area contributed by atoms with Gasteiger partial charge in [-0.1, -0.05) is 12.1 Å². The van der Waals surface area contributed by atoms with Crippen molar-refractivity contribution in [2.24, 2.45) is 0 Å². The number of para-hydroxylation sites is 1. The maximum atomic E-state index is 13.6. The Morgan fingerprint density at radius 1 is 1.12 bits per heavy atom. The van der Waals surface area contributed by atoms with Crippen LogP contribution in [0.1, 0.15) is 20.8 Å². The molecule has 1 aromatic rings. The molecule has 6 nitrogen and oxygen atoms in total. The molecule has 1 aliphatic rings. The lowest BCUT2D eigenvalue weighted by Crippen LogP contribution is -2.54. The molecule has 0 saturated carbocycles. The lowest BCUT2D eigenvalue weighted by molar-refractivity contribution is -0.125. The largest absolute Gasteiger partial charge is 0.353 e. The fourth-order valence-corrected chi connectivity index (χ4v) is 2.85. The molecule has 2 amide bonds. The average Bonchev–Trinajstić information content (AvgIpc) is 2.56. The molecule has 0 spiro atoms. The minimum atomic E-state index is -0.441. The quantitative estimate of drug-likeness (QED) is 0.812. The van der Waals surface area contributed by atoms with E-state index in [-0.39, 0.29) is 29.6 Å². The maximum Gasteiger partial charge on any atom is 0.241 e. The predicted molar refractivity (Wildman–Crippen MR) is 95.8 cm³/mol. The molecule has 1 atom stereocenters. The summed E-state index contributed by atoms with van der Waals surface area (Å²) in [7, 11) is 0. The van der Waals surface area contributed by atoms with Crippen LogP contribution in [0, 0.1) is 5.82 Å². The number of benzene rings is 1. The fraction of sp³-hybridized carbons (Fsp3) is 0.556. The number of nitrogens with zero attached hydrogens (tertiary/aromatic N) is 2. The molecule has 7 heteroatoms. The molecular formula is C18H27FN4O2. The zero-order valence-electron chi connectivity index (χ0n) is 15.1. The van der Waals surface area contributed by atoms with Gasteiger partial charge in [-0.15, -0.1) is 0 Å². The molecule has 1 aromatic carbocycles. The van der Waals surface area contributed by atoms with E-state index >= 15 is 0 Å². The molecule has 1 aliphatic heterocycles. The Morgan fingerprint density at radius 3 is 2.36 bits per heavy atom. The summed E-state index contributed by atoms with van der Waals surface area (Å²) in [6.45, 7) is 8.91. The molecule has 2 N–H and O–H groups in total. The second-order valence-corrected chi connectivity index (χ2v) is 6.68. The third-order valence-corrected chi connectivity index (χ3v) is 4.28.